The summed E-state index contributed by atoms with van der Waals surface area (Å²) in [5, 5.41) is 17.7. The van der Waals surface area contributed by atoms with Gasteiger partial charge in [-0.1, -0.05) is 67.1 Å². The Bertz CT molecular complexity index is 1010. The molecule has 10 nitrogen and oxygen atoms in total. The third kappa shape index (κ3) is 7.11. The number of nitrogens with two attached hydrogens (primary N) is 2. The van der Waals surface area contributed by atoms with Crippen LogP contribution < -0.4 is 11.5 Å². The molecule has 4 rings (SSSR count). The van der Waals surface area contributed by atoms with E-state index in [1.165, 1.54) is 0 Å². The summed E-state index contributed by atoms with van der Waals surface area (Å²) in [5.41, 5.74) is 12.4. The number of hydrogen-bond donors (Lipinski definition) is 4. The molecule has 1 amide bonds. The Balaban J connectivity index is 0.000000308. The van der Waals surface area contributed by atoms with Gasteiger partial charge in [-0.25, -0.2) is 4.79 Å². The highest BCUT2D eigenvalue weighted by Gasteiger charge is 2.55. The minimum absolute atomic E-state index is 0.337. The zero-order chi connectivity index (χ0) is 26.1. The summed E-state index contributed by atoms with van der Waals surface area (Å²) in [6.07, 6.45) is -0.400. The van der Waals surface area contributed by atoms with Gasteiger partial charge in [-0.2, -0.15) is 0 Å². The van der Waals surface area contributed by atoms with Crippen LogP contribution in [0, 0.1) is 0 Å². The van der Waals surface area contributed by atoms with E-state index in [-0.39, 0.29) is 11.9 Å². The van der Waals surface area contributed by atoms with E-state index in [4.69, 9.17) is 26.0 Å². The highest BCUT2D eigenvalue weighted by molar-refractivity contribution is 5.89. The standard InChI is InChI=1S/C20H19NO5.C6H14N2O2/c22-18-16-17(19(23)24)26-20(25-16)15(11-13-7-3-1-4-8-13)21(18)12-14-9-5-2-6-10-14;7-4-2-1-3-5(8)6(9)10/h1-10,15-17,20H,11-12H2,(H,23,24);5H,1-4,7-8H2,(H,9,10)/t15-,16+,17+,20-;5-/m10/s1. The molecule has 194 valence electrons. The minimum atomic E-state index is -1.26. The van der Waals surface area contributed by atoms with Crippen LogP contribution in [0.15, 0.2) is 60.7 Å². The van der Waals surface area contributed by atoms with Crippen molar-refractivity contribution in [1.82, 2.24) is 4.90 Å². The van der Waals surface area contributed by atoms with Gasteiger partial charge in [0.05, 0.1) is 6.04 Å². The maximum absolute atomic E-state index is 13.0. The zero-order valence-electron chi connectivity index (χ0n) is 19.9. The van der Waals surface area contributed by atoms with Gasteiger partial charge in [0, 0.05) is 6.54 Å². The molecule has 0 unspecified atom stereocenters. The number of rotatable bonds is 10. The fraction of sp³-hybridized carbons (Fsp3) is 0.423. The van der Waals surface area contributed by atoms with E-state index in [9.17, 15) is 19.5 Å². The van der Waals surface area contributed by atoms with Gasteiger partial charge in [-0.3, -0.25) is 9.59 Å². The average molecular weight is 500 g/mol. The van der Waals surface area contributed by atoms with Crippen molar-refractivity contribution in [2.24, 2.45) is 11.5 Å². The van der Waals surface area contributed by atoms with Gasteiger partial charge >= 0.3 is 11.9 Å². The van der Waals surface area contributed by atoms with Crippen LogP contribution in [0.2, 0.25) is 0 Å². The molecule has 10 heteroatoms. The summed E-state index contributed by atoms with van der Waals surface area (Å²) >= 11 is 0. The predicted octanol–water partition coefficient (Wildman–Crippen LogP) is 1.36. The zero-order valence-corrected chi connectivity index (χ0v) is 19.9. The molecule has 0 aliphatic carbocycles. The largest absolute Gasteiger partial charge is 0.480 e. The molecule has 2 heterocycles. The van der Waals surface area contributed by atoms with Crippen molar-refractivity contribution >= 4 is 17.8 Å². The lowest BCUT2D eigenvalue weighted by Crippen LogP contribution is -2.56. The van der Waals surface area contributed by atoms with Gasteiger partial charge < -0.3 is 36.1 Å². The van der Waals surface area contributed by atoms with Crippen molar-refractivity contribution in [2.75, 3.05) is 6.54 Å². The number of fused-ring (bicyclic) bond motifs is 2. The van der Waals surface area contributed by atoms with Gasteiger partial charge in [0.2, 0.25) is 0 Å². The van der Waals surface area contributed by atoms with Crippen molar-refractivity contribution in [3.63, 3.8) is 0 Å². The van der Waals surface area contributed by atoms with Gasteiger partial charge in [0.15, 0.2) is 18.5 Å². The van der Waals surface area contributed by atoms with Crippen molar-refractivity contribution < 1.29 is 34.1 Å². The summed E-state index contributed by atoms with van der Waals surface area (Å²) in [6, 6.07) is 18.3. The molecular weight excluding hydrogens is 466 g/mol. The third-order valence-electron chi connectivity index (χ3n) is 6.09. The van der Waals surface area contributed by atoms with Crippen molar-refractivity contribution in [2.45, 2.75) is 62.8 Å². The number of carbonyl (C=O) groups excluding carboxylic acids is 1. The second-order valence-electron chi connectivity index (χ2n) is 8.76. The lowest BCUT2D eigenvalue weighted by Gasteiger charge is -2.38. The number of aliphatic carboxylic acids is 2. The summed E-state index contributed by atoms with van der Waals surface area (Å²) in [6.45, 7) is 0.996. The smallest absolute Gasteiger partial charge is 0.336 e. The molecule has 2 fully saturated rings. The molecule has 0 saturated carbocycles. The summed E-state index contributed by atoms with van der Waals surface area (Å²) in [5.74, 6) is -2.45. The van der Waals surface area contributed by atoms with Crippen molar-refractivity contribution in [3.05, 3.63) is 71.8 Å². The lowest BCUT2D eigenvalue weighted by molar-refractivity contribution is -0.177. The summed E-state index contributed by atoms with van der Waals surface area (Å²) in [7, 11) is 0. The molecule has 2 aromatic rings. The Labute approximate surface area is 209 Å². The first-order valence-electron chi connectivity index (χ1n) is 11.9. The number of carbonyl (C=O) groups is 3. The number of unbranched alkanes of at least 4 members (excludes halogenated alkanes) is 1. The van der Waals surface area contributed by atoms with E-state index in [2.05, 4.69) is 0 Å². The molecule has 2 aromatic carbocycles. The minimum Gasteiger partial charge on any atom is -0.480 e. The van der Waals surface area contributed by atoms with Crippen LogP contribution in [-0.2, 0) is 36.8 Å². The van der Waals surface area contributed by atoms with Crippen LogP contribution in [0.5, 0.6) is 0 Å². The molecule has 5 atom stereocenters. The SMILES string of the molecule is NCCCC[C@H](N)C(=O)O.O=C(O)[C@H]1O[C@H]2O[C@@H]1C(=O)N(Cc1ccccc1)[C@@H]2Cc1ccccc1. The maximum Gasteiger partial charge on any atom is 0.336 e. The van der Waals surface area contributed by atoms with E-state index in [0.717, 1.165) is 24.0 Å². The number of hydrogen-bond acceptors (Lipinski definition) is 7. The molecule has 0 aromatic heterocycles. The van der Waals surface area contributed by atoms with Gasteiger partial charge in [0.1, 0.15) is 6.04 Å². The van der Waals surface area contributed by atoms with E-state index in [1.807, 2.05) is 60.7 Å². The molecule has 0 radical (unpaired) electrons. The van der Waals surface area contributed by atoms with Crippen LogP contribution in [0.3, 0.4) is 0 Å². The highest BCUT2D eigenvalue weighted by atomic mass is 16.7. The fourth-order valence-electron chi connectivity index (χ4n) is 4.16. The molecule has 2 aliphatic heterocycles. The van der Waals surface area contributed by atoms with Gasteiger partial charge in [0.25, 0.3) is 5.91 Å². The quantitative estimate of drug-likeness (QED) is 0.353. The summed E-state index contributed by atoms with van der Waals surface area (Å²) in [4.78, 5) is 36.2. The molecule has 0 spiro atoms. The Kier molecular flexibility index (Phi) is 9.95. The maximum atomic E-state index is 13.0. The molecule has 36 heavy (non-hydrogen) atoms. The lowest BCUT2D eigenvalue weighted by atomic mass is 10.0. The Morgan fingerprint density at radius 2 is 1.56 bits per heavy atom. The van der Waals surface area contributed by atoms with E-state index < -0.39 is 36.5 Å². The third-order valence-corrected chi connectivity index (χ3v) is 6.09. The topological polar surface area (TPSA) is 165 Å². The number of morpholine rings is 1. The average Bonchev–Trinajstić information content (AvgIpc) is 3.29. The Morgan fingerprint density at radius 1 is 0.944 bits per heavy atom. The number of benzene rings is 2. The number of carboxylic acids is 2. The molecule has 2 saturated heterocycles. The van der Waals surface area contributed by atoms with Gasteiger partial charge in [-0.15, -0.1) is 0 Å². The van der Waals surface area contributed by atoms with Crippen LogP contribution in [0.1, 0.15) is 30.4 Å². The first kappa shape index (κ1) is 27.3. The number of carboxylic acid groups (broad SMARTS) is 2. The normalized spacial score (nSPS) is 23.5. The molecule has 6 N–H and O–H groups in total. The first-order valence-corrected chi connectivity index (χ1v) is 11.9. The second-order valence-corrected chi connectivity index (χ2v) is 8.76. The van der Waals surface area contributed by atoms with Crippen molar-refractivity contribution in [3.8, 4) is 0 Å². The molecule has 2 aliphatic rings. The number of ether oxygens (including phenoxy) is 2. The van der Waals surface area contributed by atoms with Crippen LogP contribution in [-0.4, -0.2) is 70.1 Å². The monoisotopic (exact) mass is 499 g/mol. The van der Waals surface area contributed by atoms with Crippen LogP contribution >= 0.6 is 0 Å². The van der Waals surface area contributed by atoms with E-state index in [1.54, 1.807) is 4.90 Å². The Morgan fingerprint density at radius 3 is 2.11 bits per heavy atom. The van der Waals surface area contributed by atoms with Crippen molar-refractivity contribution in [1.29, 1.82) is 0 Å². The van der Waals surface area contributed by atoms with E-state index in [0.29, 0.717) is 25.9 Å². The van der Waals surface area contributed by atoms with Crippen LogP contribution in [0.25, 0.3) is 0 Å². The van der Waals surface area contributed by atoms with Gasteiger partial charge in [-0.05, 0) is 36.9 Å². The second kappa shape index (κ2) is 13.1. The Hall–Kier alpha value is -3.31. The molecular formula is C26H33N3O7. The highest BCUT2D eigenvalue weighted by Crippen LogP contribution is 2.34. The predicted molar refractivity (Wildman–Crippen MR) is 131 cm³/mol. The first-order chi connectivity index (χ1) is 17.3. The summed E-state index contributed by atoms with van der Waals surface area (Å²) < 4.78 is 11.2. The molecule has 2 bridgehead atoms. The number of nitrogens with zero attached hydrogens (tertiary/aromatic N) is 1. The van der Waals surface area contributed by atoms with E-state index >= 15 is 0 Å². The fourth-order valence-corrected chi connectivity index (χ4v) is 4.16. The number of amides is 1. The van der Waals surface area contributed by atoms with Crippen LogP contribution in [0.4, 0.5) is 0 Å².